The third kappa shape index (κ3) is 4.88. The van der Waals surface area contributed by atoms with Crippen LogP contribution in [0.1, 0.15) is 21.7 Å². The normalized spacial score (nSPS) is 13.3. The molecule has 0 bridgehead atoms. The van der Waals surface area contributed by atoms with Crippen LogP contribution in [0.5, 0.6) is 5.75 Å². The van der Waals surface area contributed by atoms with Crippen LogP contribution in [0, 0.1) is 6.92 Å². The van der Waals surface area contributed by atoms with Gasteiger partial charge in [0, 0.05) is 35.6 Å². The van der Waals surface area contributed by atoms with Gasteiger partial charge in [-0.1, -0.05) is 12.1 Å². The van der Waals surface area contributed by atoms with Crippen LogP contribution in [0.15, 0.2) is 42.5 Å². The Morgan fingerprint density at radius 2 is 1.97 bits per heavy atom. The lowest BCUT2D eigenvalue weighted by Crippen LogP contribution is -2.23. The Bertz CT molecular complexity index is 1130. The highest BCUT2D eigenvalue weighted by molar-refractivity contribution is 7.15. The summed E-state index contributed by atoms with van der Waals surface area (Å²) in [5, 5.41) is 9.46. The Morgan fingerprint density at radius 3 is 2.66 bits per heavy atom. The van der Waals surface area contributed by atoms with Crippen LogP contribution in [0.4, 0.5) is 18.9 Å². The van der Waals surface area contributed by atoms with Crippen molar-refractivity contribution in [2.75, 3.05) is 24.6 Å². The van der Waals surface area contributed by atoms with Crippen molar-refractivity contribution in [2.45, 2.75) is 25.9 Å². The first-order valence-electron chi connectivity index (χ1n) is 10.1. The van der Waals surface area contributed by atoms with E-state index in [-0.39, 0.29) is 6.61 Å². The third-order valence-corrected chi connectivity index (χ3v) is 6.63. The Morgan fingerprint density at radius 1 is 1.22 bits per heavy atom. The molecule has 0 atom stereocenters. The number of rotatable bonds is 7. The quantitative estimate of drug-likeness (QED) is 0.523. The van der Waals surface area contributed by atoms with Crippen LogP contribution in [0.25, 0.3) is 10.6 Å². The van der Waals surface area contributed by atoms with E-state index in [1.54, 1.807) is 6.07 Å². The fourth-order valence-electron chi connectivity index (χ4n) is 3.74. The first-order chi connectivity index (χ1) is 15.2. The molecule has 0 saturated carbocycles. The summed E-state index contributed by atoms with van der Waals surface area (Å²) in [7, 11) is 0. The molecule has 1 aromatic heterocycles. The Kier molecular flexibility index (Phi) is 6.10. The van der Waals surface area contributed by atoms with Gasteiger partial charge in [-0.05, 0) is 49.2 Å². The van der Waals surface area contributed by atoms with E-state index >= 15 is 0 Å². The van der Waals surface area contributed by atoms with Crippen LogP contribution in [0.3, 0.4) is 0 Å². The number of hydrogen-bond donors (Lipinski definition) is 1. The van der Waals surface area contributed by atoms with E-state index in [0.717, 1.165) is 59.9 Å². The van der Waals surface area contributed by atoms with Gasteiger partial charge in [-0.25, -0.2) is 9.78 Å². The molecular formula is C23H21F3N2O3S. The van der Waals surface area contributed by atoms with Gasteiger partial charge < -0.3 is 14.7 Å². The minimum absolute atomic E-state index is 0.367. The number of nitrogens with zero attached hydrogens (tertiary/aromatic N) is 2. The molecule has 5 nitrogen and oxygen atoms in total. The summed E-state index contributed by atoms with van der Waals surface area (Å²) in [4.78, 5) is 18.6. The van der Waals surface area contributed by atoms with Crippen LogP contribution < -0.4 is 9.64 Å². The van der Waals surface area contributed by atoms with E-state index in [2.05, 4.69) is 9.88 Å². The highest BCUT2D eigenvalue weighted by atomic mass is 32.1. The van der Waals surface area contributed by atoms with Crippen LogP contribution in [-0.4, -0.2) is 35.8 Å². The maximum Gasteiger partial charge on any atom is 0.416 e. The molecule has 0 radical (unpaired) electrons. The van der Waals surface area contributed by atoms with Crippen LogP contribution in [0.2, 0.25) is 0 Å². The molecule has 168 valence electrons. The van der Waals surface area contributed by atoms with Crippen molar-refractivity contribution in [1.29, 1.82) is 0 Å². The van der Waals surface area contributed by atoms with Crippen LogP contribution >= 0.6 is 11.3 Å². The molecule has 1 aliphatic heterocycles. The number of alkyl halides is 3. The summed E-state index contributed by atoms with van der Waals surface area (Å²) in [5.74, 6) is -0.463. The average molecular weight is 462 g/mol. The first kappa shape index (κ1) is 22.1. The Labute approximate surface area is 187 Å². The summed E-state index contributed by atoms with van der Waals surface area (Å²) in [6.07, 6.45) is -2.71. The minimum Gasteiger partial charge on any atom is -0.482 e. The molecule has 2 heterocycles. The van der Waals surface area contributed by atoms with Crippen molar-refractivity contribution in [3.05, 3.63) is 64.2 Å². The maximum atomic E-state index is 12.8. The zero-order chi connectivity index (χ0) is 22.9. The number of carbonyl (C=O) groups is 1. The first-order valence-corrected chi connectivity index (χ1v) is 10.9. The lowest BCUT2D eigenvalue weighted by molar-refractivity contribution is -0.139. The van der Waals surface area contributed by atoms with Gasteiger partial charge in [0.25, 0.3) is 0 Å². The number of ether oxygens (including phenoxy) is 1. The molecule has 3 aromatic rings. The molecule has 0 saturated heterocycles. The molecule has 0 fully saturated rings. The number of carboxylic acid groups (broad SMARTS) is 1. The van der Waals surface area contributed by atoms with E-state index in [9.17, 15) is 18.0 Å². The number of carboxylic acids is 1. The van der Waals surface area contributed by atoms with E-state index in [1.807, 2.05) is 19.1 Å². The molecule has 2 aromatic carbocycles. The summed E-state index contributed by atoms with van der Waals surface area (Å²) in [6.45, 7) is 3.21. The number of benzene rings is 2. The molecular weight excluding hydrogens is 441 g/mol. The van der Waals surface area contributed by atoms with E-state index < -0.39 is 17.7 Å². The van der Waals surface area contributed by atoms with Crippen molar-refractivity contribution >= 4 is 23.0 Å². The molecule has 0 amide bonds. The zero-order valence-corrected chi connectivity index (χ0v) is 18.1. The number of fused-ring (bicyclic) bond motifs is 1. The second-order valence-electron chi connectivity index (χ2n) is 7.56. The van der Waals surface area contributed by atoms with Gasteiger partial charge in [0.1, 0.15) is 10.8 Å². The average Bonchev–Trinajstić information content (AvgIpc) is 3.33. The molecule has 0 aliphatic carbocycles. The van der Waals surface area contributed by atoms with E-state index in [4.69, 9.17) is 9.84 Å². The second-order valence-corrected chi connectivity index (χ2v) is 8.65. The molecule has 1 aliphatic rings. The second kappa shape index (κ2) is 8.82. The molecule has 32 heavy (non-hydrogen) atoms. The minimum atomic E-state index is -4.35. The summed E-state index contributed by atoms with van der Waals surface area (Å²) in [5.41, 5.74) is 3.13. The molecule has 9 heteroatoms. The summed E-state index contributed by atoms with van der Waals surface area (Å²) in [6, 6.07) is 10.7. The van der Waals surface area contributed by atoms with Gasteiger partial charge in [0.2, 0.25) is 0 Å². The van der Waals surface area contributed by atoms with Gasteiger partial charge in [0.05, 0.1) is 11.3 Å². The number of aromatic nitrogens is 1. The number of aliphatic carboxylic acids is 1. The Balaban J connectivity index is 1.41. The monoisotopic (exact) mass is 462 g/mol. The SMILES string of the molecule is Cc1nc(-c2ccc(C(F)(F)F)cc2)sc1CCN1CCc2cc(OCC(=O)O)ccc21. The maximum absolute atomic E-state index is 12.8. The topological polar surface area (TPSA) is 62.7 Å². The molecule has 1 N–H and O–H groups in total. The summed E-state index contributed by atoms with van der Waals surface area (Å²) >= 11 is 1.51. The molecule has 0 spiro atoms. The standard InChI is InChI=1S/C23H21F3N2O3S/c1-14-20(32-22(27-14)15-2-4-17(5-3-15)23(24,25)26)9-11-28-10-8-16-12-18(6-7-19(16)28)31-13-21(29)30/h2-7,12H,8-11,13H2,1H3,(H,29,30). The largest absolute Gasteiger partial charge is 0.482 e. The number of hydrogen-bond acceptors (Lipinski definition) is 5. The van der Waals surface area contributed by atoms with Gasteiger partial charge in [-0.3, -0.25) is 0 Å². The van der Waals surface area contributed by atoms with Crippen molar-refractivity contribution in [1.82, 2.24) is 4.98 Å². The zero-order valence-electron chi connectivity index (χ0n) is 17.3. The van der Waals surface area contributed by atoms with E-state index in [0.29, 0.717) is 16.3 Å². The summed E-state index contributed by atoms with van der Waals surface area (Å²) < 4.78 is 43.6. The number of anilines is 1. The van der Waals surface area contributed by atoms with Gasteiger partial charge >= 0.3 is 12.1 Å². The Hall–Kier alpha value is -3.07. The smallest absolute Gasteiger partial charge is 0.416 e. The number of thiazole rings is 1. The van der Waals surface area contributed by atoms with Crippen molar-refractivity contribution in [2.24, 2.45) is 0 Å². The van der Waals surface area contributed by atoms with Gasteiger partial charge in [0.15, 0.2) is 6.61 Å². The predicted molar refractivity (Wildman–Crippen MR) is 116 cm³/mol. The highest BCUT2D eigenvalue weighted by Crippen LogP contribution is 2.34. The van der Waals surface area contributed by atoms with E-state index in [1.165, 1.54) is 23.5 Å². The highest BCUT2D eigenvalue weighted by Gasteiger charge is 2.30. The third-order valence-electron chi connectivity index (χ3n) is 5.37. The molecule has 4 rings (SSSR count). The van der Waals surface area contributed by atoms with Crippen molar-refractivity contribution in [3.63, 3.8) is 0 Å². The molecule has 0 unspecified atom stereocenters. The number of halogens is 3. The fourth-order valence-corrected chi connectivity index (χ4v) is 4.79. The predicted octanol–water partition coefficient (Wildman–Crippen LogP) is 5.21. The van der Waals surface area contributed by atoms with Gasteiger partial charge in [-0.15, -0.1) is 11.3 Å². The van der Waals surface area contributed by atoms with Crippen molar-refractivity contribution in [3.8, 4) is 16.3 Å². The van der Waals surface area contributed by atoms with Crippen LogP contribution in [-0.2, 0) is 23.8 Å². The van der Waals surface area contributed by atoms with Gasteiger partial charge in [-0.2, -0.15) is 13.2 Å². The lowest BCUT2D eigenvalue weighted by atomic mass is 10.1. The lowest BCUT2D eigenvalue weighted by Gasteiger charge is -2.19. The number of aryl methyl sites for hydroxylation is 1. The fraction of sp³-hybridized carbons (Fsp3) is 0.304. The van der Waals surface area contributed by atoms with Crippen molar-refractivity contribution < 1.29 is 27.8 Å².